The second-order valence-electron chi connectivity index (χ2n) is 5.23. The molecule has 0 saturated carbocycles. The van der Waals surface area contributed by atoms with Crippen molar-refractivity contribution in [3.8, 4) is 5.88 Å². The Morgan fingerprint density at radius 1 is 1.22 bits per heavy atom. The predicted molar refractivity (Wildman–Crippen MR) is 71.7 cm³/mol. The maximum absolute atomic E-state index is 12.7. The summed E-state index contributed by atoms with van der Waals surface area (Å²) in [5, 5.41) is 29.1. The van der Waals surface area contributed by atoms with Crippen LogP contribution in [-0.2, 0) is 10.9 Å². The topological polar surface area (TPSA) is 92.0 Å². The molecule has 1 aromatic rings. The molecule has 0 spiro atoms. The third-order valence-electron chi connectivity index (χ3n) is 3.64. The average Bonchev–Trinajstić information content (AvgIpc) is 2.52. The van der Waals surface area contributed by atoms with Crippen LogP contribution in [0.5, 0.6) is 5.88 Å². The fourth-order valence-electron chi connectivity index (χ4n) is 2.42. The number of halogens is 3. The first-order valence-electron chi connectivity index (χ1n) is 7.11. The van der Waals surface area contributed by atoms with E-state index in [2.05, 4.69) is 4.98 Å². The number of alkyl halides is 3. The van der Waals surface area contributed by atoms with E-state index in [1.807, 2.05) is 0 Å². The van der Waals surface area contributed by atoms with Crippen molar-refractivity contribution in [2.24, 2.45) is 0 Å². The van der Waals surface area contributed by atoms with Gasteiger partial charge in [0, 0.05) is 6.07 Å². The monoisotopic (exact) mass is 337 g/mol. The fourth-order valence-corrected chi connectivity index (χ4v) is 2.42. The zero-order chi connectivity index (χ0) is 17.2. The van der Waals surface area contributed by atoms with Gasteiger partial charge in [0.1, 0.15) is 24.0 Å². The average molecular weight is 337 g/mol. The zero-order valence-corrected chi connectivity index (χ0v) is 12.3. The van der Waals surface area contributed by atoms with Gasteiger partial charge in [-0.1, -0.05) is 13.0 Å². The van der Waals surface area contributed by atoms with Crippen molar-refractivity contribution in [1.82, 2.24) is 4.98 Å². The van der Waals surface area contributed by atoms with Gasteiger partial charge in [0.2, 0.25) is 5.88 Å². The van der Waals surface area contributed by atoms with Crippen LogP contribution in [0.1, 0.15) is 19.0 Å². The third kappa shape index (κ3) is 3.92. The second kappa shape index (κ2) is 7.00. The van der Waals surface area contributed by atoms with E-state index in [1.54, 1.807) is 6.92 Å². The molecule has 0 aromatic carbocycles. The summed E-state index contributed by atoms with van der Waals surface area (Å²) in [5.41, 5.74) is -1.12. The summed E-state index contributed by atoms with van der Waals surface area (Å²) in [6, 6.07) is 3.16. The van der Waals surface area contributed by atoms with Crippen molar-refractivity contribution in [2.45, 2.75) is 50.0 Å². The molecule has 1 fully saturated rings. The van der Waals surface area contributed by atoms with Crippen LogP contribution in [-0.4, -0.2) is 57.4 Å². The van der Waals surface area contributed by atoms with Crippen LogP contribution in [0, 0.1) is 0 Å². The molecule has 0 aliphatic carbocycles. The van der Waals surface area contributed by atoms with E-state index in [1.165, 1.54) is 6.07 Å². The van der Waals surface area contributed by atoms with E-state index in [0.717, 1.165) is 12.1 Å². The Kier molecular flexibility index (Phi) is 5.45. The molecule has 1 saturated heterocycles. The molecular weight excluding hydrogens is 319 g/mol. The standard InChI is InChI=1S/C14H18F3NO5/c1-2-7-13(12(21)11(20)8(6-19)22-7)23-10-5-3-4-9(18-10)14(15,16)17/h3-5,7-8,11-13,19-21H,2,6H2,1H3/t7?,8-,11+,12+,13+/m1/s1. The number of aliphatic hydroxyl groups excluding tert-OH is 3. The Balaban J connectivity index is 2.20. The number of pyridine rings is 1. The Morgan fingerprint density at radius 2 is 1.91 bits per heavy atom. The Hall–Kier alpha value is -1.42. The van der Waals surface area contributed by atoms with E-state index >= 15 is 0 Å². The van der Waals surface area contributed by atoms with Crippen LogP contribution in [0.3, 0.4) is 0 Å². The molecule has 3 N–H and O–H groups in total. The summed E-state index contributed by atoms with van der Waals surface area (Å²) < 4.78 is 48.8. The summed E-state index contributed by atoms with van der Waals surface area (Å²) in [5.74, 6) is -0.333. The molecule has 0 radical (unpaired) electrons. The number of ether oxygens (including phenoxy) is 2. The number of aliphatic hydroxyl groups is 3. The van der Waals surface area contributed by atoms with Crippen LogP contribution < -0.4 is 4.74 Å². The lowest BCUT2D eigenvalue weighted by Crippen LogP contribution is -2.60. The van der Waals surface area contributed by atoms with Gasteiger partial charge in [-0.25, -0.2) is 4.98 Å². The number of aromatic nitrogens is 1. The fraction of sp³-hybridized carbons (Fsp3) is 0.643. The molecule has 23 heavy (non-hydrogen) atoms. The lowest BCUT2D eigenvalue weighted by atomic mass is 9.94. The number of hydrogen-bond acceptors (Lipinski definition) is 6. The summed E-state index contributed by atoms with van der Waals surface area (Å²) >= 11 is 0. The van der Waals surface area contributed by atoms with Crippen molar-refractivity contribution >= 4 is 0 Å². The smallest absolute Gasteiger partial charge is 0.433 e. The molecule has 9 heteroatoms. The quantitative estimate of drug-likeness (QED) is 0.751. The van der Waals surface area contributed by atoms with Crippen molar-refractivity contribution in [2.75, 3.05) is 6.61 Å². The van der Waals surface area contributed by atoms with Crippen molar-refractivity contribution in [3.05, 3.63) is 23.9 Å². The maximum atomic E-state index is 12.7. The molecular formula is C14H18F3NO5. The Labute approximate surface area is 130 Å². The van der Waals surface area contributed by atoms with Gasteiger partial charge in [-0.3, -0.25) is 0 Å². The largest absolute Gasteiger partial charge is 0.469 e. The highest BCUT2D eigenvalue weighted by Crippen LogP contribution is 2.30. The zero-order valence-electron chi connectivity index (χ0n) is 12.3. The maximum Gasteiger partial charge on any atom is 0.433 e. The van der Waals surface area contributed by atoms with E-state index in [0.29, 0.717) is 6.42 Å². The summed E-state index contributed by atoms with van der Waals surface area (Å²) in [6.45, 7) is 1.22. The first-order valence-corrected chi connectivity index (χ1v) is 7.11. The van der Waals surface area contributed by atoms with E-state index in [4.69, 9.17) is 14.6 Å². The number of nitrogens with zero attached hydrogens (tertiary/aromatic N) is 1. The SMILES string of the molecule is CCC1O[C@H](CO)[C@H](O)[C@H](O)[C@H]1Oc1cccc(C(F)(F)F)n1. The molecule has 6 nitrogen and oxygen atoms in total. The Bertz CT molecular complexity index is 525. The summed E-state index contributed by atoms with van der Waals surface area (Å²) in [6.07, 6.45) is -9.89. The van der Waals surface area contributed by atoms with Gasteiger partial charge in [0.15, 0.2) is 6.10 Å². The van der Waals surface area contributed by atoms with Gasteiger partial charge in [0.05, 0.1) is 12.7 Å². The molecule has 1 aliphatic heterocycles. The molecule has 2 heterocycles. The van der Waals surface area contributed by atoms with Crippen molar-refractivity contribution in [1.29, 1.82) is 0 Å². The minimum Gasteiger partial charge on any atom is -0.469 e. The van der Waals surface area contributed by atoms with Gasteiger partial charge < -0.3 is 24.8 Å². The first-order chi connectivity index (χ1) is 10.8. The minimum absolute atomic E-state index is 0.333. The van der Waals surface area contributed by atoms with Crippen LogP contribution in [0.2, 0.25) is 0 Å². The molecule has 0 amide bonds. The minimum atomic E-state index is -4.62. The number of rotatable bonds is 4. The van der Waals surface area contributed by atoms with E-state index in [-0.39, 0.29) is 5.88 Å². The van der Waals surface area contributed by atoms with Gasteiger partial charge >= 0.3 is 6.18 Å². The lowest BCUT2D eigenvalue weighted by Gasteiger charge is -2.41. The van der Waals surface area contributed by atoms with Crippen molar-refractivity contribution < 1.29 is 38.0 Å². The molecule has 1 aromatic heterocycles. The molecule has 0 bridgehead atoms. The Morgan fingerprint density at radius 3 is 2.48 bits per heavy atom. The van der Waals surface area contributed by atoms with Crippen LogP contribution in [0.4, 0.5) is 13.2 Å². The molecule has 5 atom stereocenters. The van der Waals surface area contributed by atoms with Crippen molar-refractivity contribution in [3.63, 3.8) is 0 Å². The van der Waals surface area contributed by atoms with Gasteiger partial charge in [0.25, 0.3) is 0 Å². The summed E-state index contributed by atoms with van der Waals surface area (Å²) in [7, 11) is 0. The predicted octanol–water partition coefficient (Wildman–Crippen LogP) is 0.739. The van der Waals surface area contributed by atoms with E-state index < -0.39 is 49.0 Å². The van der Waals surface area contributed by atoms with Crippen LogP contribution in [0.15, 0.2) is 18.2 Å². The molecule has 1 unspecified atom stereocenters. The van der Waals surface area contributed by atoms with Gasteiger partial charge in [-0.15, -0.1) is 0 Å². The summed E-state index contributed by atoms with van der Waals surface area (Å²) in [4.78, 5) is 3.36. The van der Waals surface area contributed by atoms with Crippen LogP contribution in [0.25, 0.3) is 0 Å². The van der Waals surface area contributed by atoms with Crippen LogP contribution >= 0.6 is 0 Å². The van der Waals surface area contributed by atoms with E-state index in [9.17, 15) is 23.4 Å². The molecule has 130 valence electrons. The van der Waals surface area contributed by atoms with Gasteiger partial charge in [-0.2, -0.15) is 13.2 Å². The highest BCUT2D eigenvalue weighted by molar-refractivity contribution is 5.18. The highest BCUT2D eigenvalue weighted by atomic mass is 19.4. The molecule has 1 aliphatic rings. The third-order valence-corrected chi connectivity index (χ3v) is 3.64. The first kappa shape index (κ1) is 17.9. The van der Waals surface area contributed by atoms with Gasteiger partial charge in [-0.05, 0) is 12.5 Å². The highest BCUT2D eigenvalue weighted by Gasteiger charge is 2.45. The molecule has 2 rings (SSSR count). The normalized spacial score (nSPS) is 31.9. The second-order valence-corrected chi connectivity index (χ2v) is 5.23. The lowest BCUT2D eigenvalue weighted by molar-refractivity contribution is -0.223. The number of hydrogen-bond donors (Lipinski definition) is 3.